The summed E-state index contributed by atoms with van der Waals surface area (Å²) < 4.78 is 11.3. The summed E-state index contributed by atoms with van der Waals surface area (Å²) in [6, 6.07) is 15.6. The van der Waals surface area contributed by atoms with E-state index in [0.717, 1.165) is 5.39 Å². The van der Waals surface area contributed by atoms with E-state index < -0.39 is 28.9 Å². The number of anilines is 1. The zero-order valence-electron chi connectivity index (χ0n) is 16.9. The Balaban J connectivity index is 1.71. The van der Waals surface area contributed by atoms with Crippen molar-refractivity contribution in [2.24, 2.45) is 0 Å². The Bertz CT molecular complexity index is 1120. The molecule has 1 aromatic heterocycles. The molecule has 0 aliphatic carbocycles. The summed E-state index contributed by atoms with van der Waals surface area (Å²) in [5.41, 5.74) is -0.829. The molecule has 0 bridgehead atoms. The van der Waals surface area contributed by atoms with Gasteiger partial charge in [0.05, 0.1) is 6.42 Å². The Morgan fingerprint density at radius 1 is 1.10 bits per heavy atom. The van der Waals surface area contributed by atoms with Gasteiger partial charge < -0.3 is 19.8 Å². The molecule has 4 rings (SSSR count). The van der Waals surface area contributed by atoms with Gasteiger partial charge in [-0.05, 0) is 39.0 Å². The maximum Gasteiger partial charge on any atom is 0.375 e. The standard InChI is InChI=1S/C23H22N2O5/c1-22(2,3)25-19(26)13-23(15-9-5-6-10-16(15)24-21(23)28)30-20(27)18-12-14-8-4-7-11-17(14)29-18/h4-12H,13H2,1-3H3,(H,24,28)(H,25,26). The fourth-order valence-corrected chi connectivity index (χ4v) is 3.58. The van der Waals surface area contributed by atoms with Gasteiger partial charge in [-0.25, -0.2) is 4.79 Å². The molecule has 0 saturated carbocycles. The average Bonchev–Trinajstić information content (AvgIpc) is 3.20. The van der Waals surface area contributed by atoms with E-state index in [2.05, 4.69) is 10.6 Å². The Morgan fingerprint density at radius 2 is 1.80 bits per heavy atom. The molecular formula is C23H22N2O5. The first-order chi connectivity index (χ1) is 14.2. The van der Waals surface area contributed by atoms with Crippen LogP contribution in [0.4, 0.5) is 5.69 Å². The van der Waals surface area contributed by atoms with Crippen LogP contribution in [-0.4, -0.2) is 23.3 Å². The number of hydrogen-bond acceptors (Lipinski definition) is 5. The monoisotopic (exact) mass is 406 g/mol. The number of para-hydroxylation sites is 2. The molecule has 0 fully saturated rings. The Kier molecular flexibility index (Phi) is 4.61. The number of fused-ring (bicyclic) bond motifs is 2. The second-order valence-corrected chi connectivity index (χ2v) is 8.34. The molecular weight excluding hydrogens is 384 g/mol. The number of amides is 2. The summed E-state index contributed by atoms with van der Waals surface area (Å²) in [6.45, 7) is 5.50. The van der Waals surface area contributed by atoms with Gasteiger partial charge in [-0.3, -0.25) is 9.59 Å². The van der Waals surface area contributed by atoms with Gasteiger partial charge in [0.1, 0.15) is 5.58 Å². The molecule has 7 heteroatoms. The van der Waals surface area contributed by atoms with Crippen molar-refractivity contribution in [3.8, 4) is 0 Å². The van der Waals surface area contributed by atoms with Crippen LogP contribution in [0.15, 0.2) is 59.0 Å². The lowest BCUT2D eigenvalue weighted by molar-refractivity contribution is -0.142. The van der Waals surface area contributed by atoms with Crippen molar-refractivity contribution in [2.45, 2.75) is 38.3 Å². The SMILES string of the molecule is CC(C)(C)NC(=O)CC1(OC(=O)c2cc3ccccc3o2)C(=O)Nc2ccccc21. The van der Waals surface area contributed by atoms with E-state index in [9.17, 15) is 14.4 Å². The van der Waals surface area contributed by atoms with Crippen LogP contribution in [0.5, 0.6) is 0 Å². The van der Waals surface area contributed by atoms with Crippen LogP contribution >= 0.6 is 0 Å². The Labute approximate surface area is 173 Å². The molecule has 2 N–H and O–H groups in total. The van der Waals surface area contributed by atoms with Crippen LogP contribution in [-0.2, 0) is 19.9 Å². The minimum absolute atomic E-state index is 0.0380. The van der Waals surface area contributed by atoms with Crippen LogP contribution in [0.2, 0.25) is 0 Å². The van der Waals surface area contributed by atoms with Gasteiger partial charge in [-0.2, -0.15) is 0 Å². The van der Waals surface area contributed by atoms with Gasteiger partial charge in [0.15, 0.2) is 0 Å². The maximum absolute atomic E-state index is 13.0. The first-order valence-corrected chi connectivity index (χ1v) is 9.62. The Hall–Kier alpha value is -3.61. The summed E-state index contributed by atoms with van der Waals surface area (Å²) in [5, 5.41) is 6.27. The van der Waals surface area contributed by atoms with E-state index in [0.29, 0.717) is 16.8 Å². The van der Waals surface area contributed by atoms with Crippen molar-refractivity contribution in [1.29, 1.82) is 0 Å². The molecule has 7 nitrogen and oxygen atoms in total. The second kappa shape index (κ2) is 7.02. The number of hydrogen-bond donors (Lipinski definition) is 2. The van der Waals surface area contributed by atoms with Gasteiger partial charge in [0.2, 0.25) is 17.3 Å². The maximum atomic E-state index is 13.0. The molecule has 1 atom stereocenters. The lowest BCUT2D eigenvalue weighted by atomic mass is 9.90. The summed E-state index contributed by atoms with van der Waals surface area (Å²) in [5.74, 6) is -1.84. The van der Waals surface area contributed by atoms with Crippen molar-refractivity contribution in [1.82, 2.24) is 5.32 Å². The highest BCUT2D eigenvalue weighted by Gasteiger charge is 2.52. The van der Waals surface area contributed by atoms with E-state index in [-0.39, 0.29) is 12.2 Å². The number of benzene rings is 2. The van der Waals surface area contributed by atoms with E-state index in [1.165, 1.54) is 0 Å². The topological polar surface area (TPSA) is 97.6 Å². The highest BCUT2D eigenvalue weighted by Crippen LogP contribution is 2.42. The predicted octanol–water partition coefficient (Wildman–Crippen LogP) is 3.74. The molecule has 0 saturated heterocycles. The fraction of sp³-hybridized carbons (Fsp3) is 0.261. The molecule has 30 heavy (non-hydrogen) atoms. The van der Waals surface area contributed by atoms with Gasteiger partial charge in [0.25, 0.3) is 5.91 Å². The van der Waals surface area contributed by atoms with E-state index >= 15 is 0 Å². The largest absolute Gasteiger partial charge is 0.449 e. The van der Waals surface area contributed by atoms with Crippen LogP contribution in [0.3, 0.4) is 0 Å². The average molecular weight is 406 g/mol. The molecule has 1 unspecified atom stereocenters. The minimum Gasteiger partial charge on any atom is -0.449 e. The van der Waals surface area contributed by atoms with Crippen LogP contribution in [0.25, 0.3) is 11.0 Å². The minimum atomic E-state index is -1.79. The van der Waals surface area contributed by atoms with Crippen LogP contribution < -0.4 is 10.6 Å². The predicted molar refractivity (Wildman–Crippen MR) is 111 cm³/mol. The first kappa shape index (κ1) is 19.7. The lowest BCUT2D eigenvalue weighted by Crippen LogP contribution is -2.47. The molecule has 3 aromatic rings. The third-order valence-corrected chi connectivity index (χ3v) is 4.79. The van der Waals surface area contributed by atoms with Gasteiger partial charge in [-0.15, -0.1) is 0 Å². The fourth-order valence-electron chi connectivity index (χ4n) is 3.58. The van der Waals surface area contributed by atoms with E-state index in [1.54, 1.807) is 48.5 Å². The van der Waals surface area contributed by atoms with Crippen molar-refractivity contribution in [2.75, 3.05) is 5.32 Å². The summed E-state index contributed by atoms with van der Waals surface area (Å²) in [6.07, 6.45) is -0.348. The van der Waals surface area contributed by atoms with Crippen molar-refractivity contribution >= 4 is 34.4 Å². The second-order valence-electron chi connectivity index (χ2n) is 8.34. The molecule has 2 heterocycles. The number of nitrogens with one attached hydrogen (secondary N) is 2. The smallest absolute Gasteiger partial charge is 0.375 e. The van der Waals surface area contributed by atoms with Crippen molar-refractivity contribution in [3.05, 3.63) is 65.9 Å². The number of ether oxygens (including phenoxy) is 1. The molecule has 0 spiro atoms. The number of esters is 1. The molecule has 1 aliphatic heterocycles. The molecule has 2 amide bonds. The molecule has 2 aromatic carbocycles. The van der Waals surface area contributed by atoms with Gasteiger partial charge >= 0.3 is 5.97 Å². The van der Waals surface area contributed by atoms with Gasteiger partial charge in [-0.1, -0.05) is 36.4 Å². The van der Waals surface area contributed by atoms with Crippen molar-refractivity contribution in [3.63, 3.8) is 0 Å². The summed E-state index contributed by atoms with van der Waals surface area (Å²) in [4.78, 5) is 38.7. The lowest BCUT2D eigenvalue weighted by Gasteiger charge is -2.28. The first-order valence-electron chi connectivity index (χ1n) is 9.62. The summed E-state index contributed by atoms with van der Waals surface area (Å²) in [7, 11) is 0. The van der Waals surface area contributed by atoms with Crippen LogP contribution in [0.1, 0.15) is 43.3 Å². The number of carbonyl (C=O) groups excluding carboxylic acids is 3. The molecule has 154 valence electrons. The van der Waals surface area contributed by atoms with E-state index in [1.807, 2.05) is 26.8 Å². The Morgan fingerprint density at radius 3 is 2.53 bits per heavy atom. The number of furan rings is 1. The van der Waals surface area contributed by atoms with E-state index in [4.69, 9.17) is 9.15 Å². The highest BCUT2D eigenvalue weighted by molar-refractivity contribution is 6.09. The zero-order chi connectivity index (χ0) is 21.5. The van der Waals surface area contributed by atoms with Gasteiger partial charge in [0, 0.05) is 22.2 Å². The molecule has 1 aliphatic rings. The number of carbonyl (C=O) groups is 3. The third-order valence-electron chi connectivity index (χ3n) is 4.79. The zero-order valence-corrected chi connectivity index (χ0v) is 16.9. The quantitative estimate of drug-likeness (QED) is 0.643. The third kappa shape index (κ3) is 3.54. The van der Waals surface area contributed by atoms with Crippen molar-refractivity contribution < 1.29 is 23.5 Å². The highest BCUT2D eigenvalue weighted by atomic mass is 16.6. The summed E-state index contributed by atoms with van der Waals surface area (Å²) >= 11 is 0. The number of rotatable bonds is 4. The normalized spacial score (nSPS) is 18.0. The molecule has 0 radical (unpaired) electrons. The van der Waals surface area contributed by atoms with Crippen LogP contribution in [0, 0.1) is 0 Å².